The Balaban J connectivity index is 1.35. The van der Waals surface area contributed by atoms with Gasteiger partial charge in [-0.05, 0) is 72.1 Å². The van der Waals surface area contributed by atoms with Gasteiger partial charge in [0.25, 0.3) is 0 Å². The number of urea groups is 1. The molecule has 3 aliphatic rings. The number of ether oxygens (including phenoxy) is 1. The number of aromatic nitrogens is 1. The van der Waals surface area contributed by atoms with Crippen molar-refractivity contribution < 1.29 is 22.7 Å². The lowest BCUT2D eigenvalue weighted by atomic mass is 9.85. The highest BCUT2D eigenvalue weighted by Crippen LogP contribution is 2.32. The summed E-state index contributed by atoms with van der Waals surface area (Å²) >= 11 is 1.47. The maximum atomic E-state index is 13.8. The van der Waals surface area contributed by atoms with Gasteiger partial charge in [0.05, 0.1) is 5.75 Å². The Morgan fingerprint density at radius 2 is 1.63 bits per heavy atom. The summed E-state index contributed by atoms with van der Waals surface area (Å²) in [5.74, 6) is 0.806. The third-order valence-corrected chi connectivity index (χ3v) is 11.1. The number of likely N-dealkylation sites (tertiary alicyclic amines) is 1. The number of amides is 3. The molecule has 1 aliphatic carbocycles. The van der Waals surface area contributed by atoms with Crippen molar-refractivity contribution in [3.8, 4) is 0 Å². The lowest BCUT2D eigenvalue weighted by molar-refractivity contribution is 0.0136. The molecule has 0 unspecified atom stereocenters. The normalized spacial score (nSPS) is 23.8. The number of anilines is 1. The van der Waals surface area contributed by atoms with E-state index in [1.807, 2.05) is 25.7 Å². The molecular weight excluding hydrogens is 564 g/mol. The number of carbonyl (C=O) groups excluding carboxylic acids is 2. The van der Waals surface area contributed by atoms with Crippen LogP contribution >= 0.6 is 11.3 Å². The predicted molar refractivity (Wildman–Crippen MR) is 162 cm³/mol. The van der Waals surface area contributed by atoms with Gasteiger partial charge in [-0.25, -0.2) is 23.0 Å². The second-order valence-corrected chi connectivity index (χ2v) is 16.0. The molecule has 1 aromatic rings. The first-order valence-corrected chi connectivity index (χ1v) is 17.5. The van der Waals surface area contributed by atoms with Crippen molar-refractivity contribution in [2.45, 2.75) is 97.4 Å². The molecule has 3 amide bonds. The Kier molecular flexibility index (Phi) is 10.6. The van der Waals surface area contributed by atoms with E-state index < -0.39 is 15.6 Å². The molecule has 232 valence electrons. The fourth-order valence-electron chi connectivity index (χ4n) is 5.97. The van der Waals surface area contributed by atoms with Crippen LogP contribution in [0.15, 0.2) is 6.20 Å². The molecule has 3 heterocycles. The molecule has 1 aromatic heterocycles. The van der Waals surface area contributed by atoms with Crippen LogP contribution in [0.25, 0.3) is 0 Å². The van der Waals surface area contributed by atoms with Gasteiger partial charge in [0.15, 0.2) is 5.13 Å². The lowest BCUT2D eigenvalue weighted by Gasteiger charge is -2.44. The monoisotopic (exact) mass is 612 g/mol. The van der Waals surface area contributed by atoms with Gasteiger partial charge < -0.3 is 14.5 Å². The molecule has 1 N–H and O–H groups in total. The number of hydrogen-bond acceptors (Lipinski definition) is 8. The summed E-state index contributed by atoms with van der Waals surface area (Å²) in [5, 5.41) is 3.67. The predicted octanol–water partition coefficient (Wildman–Crippen LogP) is 4.42. The first-order valence-electron chi connectivity index (χ1n) is 15.1. The van der Waals surface area contributed by atoms with Crippen LogP contribution in [0, 0.1) is 5.92 Å². The molecule has 0 atom stereocenters. The molecule has 11 nitrogen and oxygen atoms in total. The smallest absolute Gasteiger partial charge is 0.410 e. The van der Waals surface area contributed by atoms with Crippen LogP contribution in [0.5, 0.6) is 0 Å². The second-order valence-electron chi connectivity index (χ2n) is 12.7. The van der Waals surface area contributed by atoms with Gasteiger partial charge in [-0.3, -0.25) is 10.2 Å². The number of hydrogen-bond donors (Lipinski definition) is 1. The van der Waals surface area contributed by atoms with E-state index in [1.165, 1.54) is 11.3 Å². The van der Waals surface area contributed by atoms with Crippen molar-refractivity contribution in [3.05, 3.63) is 11.1 Å². The zero-order valence-corrected chi connectivity index (χ0v) is 26.9. The van der Waals surface area contributed by atoms with E-state index in [0.29, 0.717) is 56.9 Å². The summed E-state index contributed by atoms with van der Waals surface area (Å²) in [6, 6.07) is 0.126. The maximum absolute atomic E-state index is 13.8. The number of rotatable bonds is 7. The highest BCUT2D eigenvalue weighted by atomic mass is 32.2. The van der Waals surface area contributed by atoms with Gasteiger partial charge in [-0.2, -0.15) is 4.31 Å². The minimum absolute atomic E-state index is 0.0576. The lowest BCUT2D eigenvalue weighted by Crippen LogP contribution is -2.54. The van der Waals surface area contributed by atoms with Gasteiger partial charge in [0.1, 0.15) is 5.60 Å². The van der Waals surface area contributed by atoms with Gasteiger partial charge in [0.2, 0.25) is 10.0 Å². The van der Waals surface area contributed by atoms with Crippen LogP contribution in [-0.4, -0.2) is 107 Å². The van der Waals surface area contributed by atoms with E-state index in [0.717, 1.165) is 43.4 Å². The average Bonchev–Trinajstić information content (AvgIpc) is 3.36. The third kappa shape index (κ3) is 8.77. The molecular formula is C28H48N6O5S2. The molecule has 13 heteroatoms. The molecule has 3 fully saturated rings. The highest BCUT2D eigenvalue weighted by Gasteiger charge is 2.37. The molecule has 2 aliphatic heterocycles. The Bertz CT molecular complexity index is 1130. The van der Waals surface area contributed by atoms with Crippen molar-refractivity contribution >= 4 is 38.6 Å². The summed E-state index contributed by atoms with van der Waals surface area (Å²) < 4.78 is 31.4. The van der Waals surface area contributed by atoms with Crippen molar-refractivity contribution in [1.82, 2.24) is 24.0 Å². The largest absolute Gasteiger partial charge is 0.444 e. The Morgan fingerprint density at radius 3 is 2.22 bits per heavy atom. The van der Waals surface area contributed by atoms with Crippen molar-refractivity contribution in [2.75, 3.05) is 50.3 Å². The quantitative estimate of drug-likeness (QED) is 0.485. The Labute approximate surface area is 249 Å². The van der Waals surface area contributed by atoms with E-state index in [2.05, 4.69) is 22.1 Å². The summed E-state index contributed by atoms with van der Waals surface area (Å²) in [7, 11) is -3.15. The van der Waals surface area contributed by atoms with E-state index in [1.54, 1.807) is 22.3 Å². The molecule has 1 saturated carbocycles. The number of carbonyl (C=O) groups is 2. The standard InChI is InChI=1S/C28H48N6O5S2/c1-6-41(37,38)33-17-15-31(16-18-33)20-24-19-29-25(40-24)30-26(35)34(22-9-7-21(2)8-10-22)23-11-13-32(14-12-23)27(36)39-28(3,4)5/h19,21-23H,6-18,20H2,1-5H3,(H,29,30,35). The third-order valence-electron chi connectivity index (χ3n) is 8.36. The molecule has 41 heavy (non-hydrogen) atoms. The zero-order valence-electron chi connectivity index (χ0n) is 25.3. The Morgan fingerprint density at radius 1 is 1.02 bits per heavy atom. The van der Waals surface area contributed by atoms with Crippen molar-refractivity contribution in [2.24, 2.45) is 5.92 Å². The molecule has 0 aromatic carbocycles. The van der Waals surface area contributed by atoms with E-state index in [-0.39, 0.29) is 30.0 Å². The zero-order chi connectivity index (χ0) is 29.8. The van der Waals surface area contributed by atoms with Crippen molar-refractivity contribution in [1.29, 1.82) is 0 Å². The molecule has 2 saturated heterocycles. The van der Waals surface area contributed by atoms with Gasteiger partial charge in [0, 0.05) is 69.0 Å². The van der Waals surface area contributed by atoms with Crippen LogP contribution in [0.2, 0.25) is 0 Å². The number of sulfonamides is 1. The number of piperidine rings is 1. The van der Waals surface area contributed by atoms with E-state index >= 15 is 0 Å². The molecule has 4 rings (SSSR count). The summed E-state index contributed by atoms with van der Waals surface area (Å²) in [5.41, 5.74) is -0.532. The average molecular weight is 613 g/mol. The SMILES string of the molecule is CCS(=O)(=O)N1CCN(Cc2cnc(NC(=O)N(C3CCC(C)CC3)C3CCN(C(=O)OC(C)(C)C)CC3)s2)CC1. The van der Waals surface area contributed by atoms with Crippen LogP contribution in [0.4, 0.5) is 14.7 Å². The number of piperazine rings is 1. The fraction of sp³-hybridized carbons (Fsp3) is 0.821. The topological polar surface area (TPSA) is 115 Å². The van der Waals surface area contributed by atoms with Gasteiger partial charge >= 0.3 is 12.1 Å². The second kappa shape index (κ2) is 13.6. The van der Waals surface area contributed by atoms with E-state index in [9.17, 15) is 18.0 Å². The van der Waals surface area contributed by atoms with Gasteiger partial charge in [-0.1, -0.05) is 6.92 Å². The summed E-state index contributed by atoms with van der Waals surface area (Å²) in [6.45, 7) is 13.7. The summed E-state index contributed by atoms with van der Waals surface area (Å²) in [4.78, 5) is 37.9. The van der Waals surface area contributed by atoms with E-state index in [4.69, 9.17) is 4.74 Å². The first-order chi connectivity index (χ1) is 19.3. The van der Waals surface area contributed by atoms with Crippen LogP contribution < -0.4 is 5.32 Å². The first kappa shape index (κ1) is 32.0. The minimum Gasteiger partial charge on any atom is -0.444 e. The maximum Gasteiger partial charge on any atom is 0.410 e. The number of thiazole rings is 1. The molecule has 0 radical (unpaired) electrons. The molecule has 0 bridgehead atoms. The Hall–Kier alpha value is -1.96. The summed E-state index contributed by atoms with van der Waals surface area (Å²) in [6.07, 6.45) is 7.17. The molecule has 0 spiro atoms. The number of nitrogens with zero attached hydrogens (tertiary/aromatic N) is 5. The minimum atomic E-state index is -3.15. The van der Waals surface area contributed by atoms with Crippen molar-refractivity contribution in [3.63, 3.8) is 0 Å². The van der Waals surface area contributed by atoms with Gasteiger partial charge in [-0.15, -0.1) is 11.3 Å². The fourth-order valence-corrected chi connectivity index (χ4v) is 7.90. The number of nitrogens with one attached hydrogen (secondary N) is 1. The van der Waals surface area contributed by atoms with Crippen LogP contribution in [0.1, 0.15) is 78.0 Å². The van der Waals surface area contributed by atoms with Crippen LogP contribution in [0.3, 0.4) is 0 Å². The van der Waals surface area contributed by atoms with Crippen LogP contribution in [-0.2, 0) is 21.3 Å². The highest BCUT2D eigenvalue weighted by molar-refractivity contribution is 7.89.